The number of amides is 1. The van der Waals surface area contributed by atoms with Gasteiger partial charge in [-0.05, 0) is 62.4 Å². The van der Waals surface area contributed by atoms with Crippen molar-refractivity contribution in [1.29, 1.82) is 0 Å². The fourth-order valence-corrected chi connectivity index (χ4v) is 6.19. The normalized spacial score (nSPS) is 14.4. The summed E-state index contributed by atoms with van der Waals surface area (Å²) in [6, 6.07) is 7.24. The average molecular weight is 470 g/mol. The molecule has 0 saturated heterocycles. The van der Waals surface area contributed by atoms with Crippen molar-refractivity contribution >= 4 is 39.2 Å². The quantitative estimate of drug-likeness (QED) is 0.319. The molecule has 5 rings (SSSR count). The van der Waals surface area contributed by atoms with E-state index in [9.17, 15) is 9.59 Å². The second kappa shape index (κ2) is 8.99. The van der Waals surface area contributed by atoms with Crippen LogP contribution in [-0.2, 0) is 30.7 Å². The molecular weight excluding hydrogens is 446 g/mol. The Bertz CT molecular complexity index is 1290. The van der Waals surface area contributed by atoms with Gasteiger partial charge in [-0.15, -0.1) is 11.3 Å². The molecule has 0 aliphatic heterocycles. The van der Waals surface area contributed by atoms with E-state index in [2.05, 4.69) is 5.32 Å². The smallest absolute Gasteiger partial charge is 0.263 e. The number of aromatic nitrogens is 2. The summed E-state index contributed by atoms with van der Waals surface area (Å²) in [7, 11) is 0. The Morgan fingerprint density at radius 1 is 1.22 bits per heavy atom. The highest BCUT2D eigenvalue weighted by Gasteiger charge is 2.25. The van der Waals surface area contributed by atoms with E-state index in [0.29, 0.717) is 23.2 Å². The second-order valence-corrected chi connectivity index (χ2v) is 10.2. The number of carbonyl (C=O) groups is 1. The fraction of sp³-hybridized carbons (Fsp3) is 0.348. The molecule has 32 heavy (non-hydrogen) atoms. The van der Waals surface area contributed by atoms with Crippen molar-refractivity contribution in [3.63, 3.8) is 0 Å². The van der Waals surface area contributed by atoms with E-state index in [1.54, 1.807) is 40.6 Å². The van der Waals surface area contributed by atoms with Crippen LogP contribution in [-0.4, -0.2) is 20.7 Å². The van der Waals surface area contributed by atoms with Crippen LogP contribution in [0, 0.1) is 0 Å². The van der Waals surface area contributed by atoms with Gasteiger partial charge >= 0.3 is 0 Å². The van der Waals surface area contributed by atoms with Gasteiger partial charge in [0.2, 0.25) is 5.91 Å². The maximum absolute atomic E-state index is 13.6. The molecule has 4 aromatic heterocycles. The minimum Gasteiger partial charge on any atom is -0.467 e. The van der Waals surface area contributed by atoms with Crippen molar-refractivity contribution in [2.45, 2.75) is 56.1 Å². The predicted octanol–water partition coefficient (Wildman–Crippen LogP) is 4.37. The van der Waals surface area contributed by atoms with Gasteiger partial charge in [0.25, 0.3) is 5.56 Å². The third-order valence-electron chi connectivity index (χ3n) is 5.60. The van der Waals surface area contributed by atoms with Crippen molar-refractivity contribution < 1.29 is 13.6 Å². The van der Waals surface area contributed by atoms with E-state index in [-0.39, 0.29) is 18.0 Å². The van der Waals surface area contributed by atoms with Gasteiger partial charge in [-0.1, -0.05) is 11.8 Å². The number of hydrogen-bond donors (Lipinski definition) is 1. The van der Waals surface area contributed by atoms with Crippen LogP contribution >= 0.6 is 23.1 Å². The van der Waals surface area contributed by atoms with Gasteiger partial charge in [0, 0.05) is 4.88 Å². The summed E-state index contributed by atoms with van der Waals surface area (Å²) in [5.41, 5.74) is 1.10. The zero-order chi connectivity index (χ0) is 22.1. The van der Waals surface area contributed by atoms with Crippen LogP contribution < -0.4 is 10.9 Å². The Hall–Kier alpha value is -2.78. The molecule has 166 valence electrons. The van der Waals surface area contributed by atoms with Crippen LogP contribution in [0.15, 0.2) is 55.6 Å². The van der Waals surface area contributed by atoms with E-state index in [1.165, 1.54) is 16.6 Å². The monoisotopic (exact) mass is 469 g/mol. The average Bonchev–Trinajstić information content (AvgIpc) is 3.55. The SMILES string of the molecule is CC(Sc1nc2sc3c(c2c(=O)n1Cc1ccco1)CCCC3)C(=O)NCc1ccco1. The molecule has 0 aromatic carbocycles. The molecule has 0 fully saturated rings. The summed E-state index contributed by atoms with van der Waals surface area (Å²) in [6.07, 6.45) is 7.34. The molecule has 1 atom stereocenters. The van der Waals surface area contributed by atoms with Gasteiger partial charge in [0.15, 0.2) is 5.16 Å². The van der Waals surface area contributed by atoms with Crippen LogP contribution in [0.4, 0.5) is 0 Å². The number of thioether (sulfide) groups is 1. The Morgan fingerprint density at radius 2 is 1.97 bits per heavy atom. The summed E-state index contributed by atoms with van der Waals surface area (Å²) < 4.78 is 12.4. The third-order valence-corrected chi connectivity index (χ3v) is 7.88. The lowest BCUT2D eigenvalue weighted by atomic mass is 9.97. The number of nitrogens with zero attached hydrogens (tertiary/aromatic N) is 2. The molecule has 7 nitrogen and oxygen atoms in total. The molecule has 9 heteroatoms. The minimum atomic E-state index is -0.438. The highest BCUT2D eigenvalue weighted by molar-refractivity contribution is 8.00. The molecule has 0 bridgehead atoms. The largest absolute Gasteiger partial charge is 0.467 e. The Morgan fingerprint density at radius 3 is 2.72 bits per heavy atom. The van der Waals surface area contributed by atoms with Crippen LogP contribution in [0.2, 0.25) is 0 Å². The molecular formula is C23H23N3O4S2. The first-order valence-electron chi connectivity index (χ1n) is 10.6. The van der Waals surface area contributed by atoms with Gasteiger partial charge in [0.05, 0.1) is 36.3 Å². The number of fused-ring (bicyclic) bond motifs is 3. The van der Waals surface area contributed by atoms with E-state index < -0.39 is 5.25 Å². The molecule has 1 unspecified atom stereocenters. The van der Waals surface area contributed by atoms with Crippen molar-refractivity contribution in [2.75, 3.05) is 0 Å². The Kier molecular flexibility index (Phi) is 5.93. The first-order valence-corrected chi connectivity index (χ1v) is 12.3. The summed E-state index contributed by atoms with van der Waals surface area (Å²) in [4.78, 5) is 33.2. The maximum atomic E-state index is 13.6. The summed E-state index contributed by atoms with van der Waals surface area (Å²) in [5.74, 6) is 1.22. The number of hydrogen-bond acceptors (Lipinski definition) is 7. The van der Waals surface area contributed by atoms with Gasteiger partial charge in [-0.25, -0.2) is 4.98 Å². The summed E-state index contributed by atoms with van der Waals surface area (Å²) >= 11 is 2.90. The zero-order valence-corrected chi connectivity index (χ0v) is 19.3. The predicted molar refractivity (Wildman–Crippen MR) is 124 cm³/mol. The van der Waals surface area contributed by atoms with Crippen molar-refractivity contribution in [3.8, 4) is 0 Å². The number of nitrogens with one attached hydrogen (secondary N) is 1. The Balaban J connectivity index is 1.47. The summed E-state index contributed by atoms with van der Waals surface area (Å²) in [6.45, 7) is 2.41. The molecule has 1 aliphatic rings. The number of aryl methyl sites for hydroxylation is 2. The molecule has 4 heterocycles. The lowest BCUT2D eigenvalue weighted by Gasteiger charge is -2.15. The summed E-state index contributed by atoms with van der Waals surface area (Å²) in [5, 5.41) is 3.70. The van der Waals surface area contributed by atoms with Crippen molar-refractivity contribution in [3.05, 3.63) is 69.1 Å². The topological polar surface area (TPSA) is 90.3 Å². The van der Waals surface area contributed by atoms with Crippen molar-refractivity contribution in [2.24, 2.45) is 0 Å². The molecule has 1 amide bonds. The lowest BCUT2D eigenvalue weighted by Crippen LogP contribution is -2.31. The Labute approximate surface area is 192 Å². The van der Waals surface area contributed by atoms with Crippen molar-refractivity contribution in [1.82, 2.24) is 14.9 Å². The first-order chi connectivity index (χ1) is 15.6. The van der Waals surface area contributed by atoms with Crippen LogP contribution in [0.25, 0.3) is 10.2 Å². The number of furan rings is 2. The zero-order valence-electron chi connectivity index (χ0n) is 17.6. The van der Waals surface area contributed by atoms with Crippen LogP contribution in [0.1, 0.15) is 41.7 Å². The van der Waals surface area contributed by atoms with E-state index in [4.69, 9.17) is 13.8 Å². The van der Waals surface area contributed by atoms with Gasteiger partial charge in [0.1, 0.15) is 16.4 Å². The highest BCUT2D eigenvalue weighted by Crippen LogP contribution is 2.35. The molecule has 1 aliphatic carbocycles. The first kappa shape index (κ1) is 21.1. The molecule has 1 N–H and O–H groups in total. The molecule has 0 spiro atoms. The van der Waals surface area contributed by atoms with Crippen LogP contribution in [0.3, 0.4) is 0 Å². The highest BCUT2D eigenvalue weighted by atomic mass is 32.2. The minimum absolute atomic E-state index is 0.0588. The van der Waals surface area contributed by atoms with Gasteiger partial charge < -0.3 is 14.2 Å². The van der Waals surface area contributed by atoms with E-state index in [0.717, 1.165) is 41.5 Å². The lowest BCUT2D eigenvalue weighted by molar-refractivity contribution is -0.120. The fourth-order valence-electron chi connectivity index (χ4n) is 3.95. The molecule has 0 saturated carbocycles. The van der Waals surface area contributed by atoms with Crippen LogP contribution in [0.5, 0.6) is 0 Å². The second-order valence-electron chi connectivity index (χ2n) is 7.81. The van der Waals surface area contributed by atoms with Gasteiger partial charge in [-0.2, -0.15) is 0 Å². The molecule has 4 aromatic rings. The third kappa shape index (κ3) is 4.14. The number of rotatable bonds is 7. The van der Waals surface area contributed by atoms with E-state index in [1.807, 2.05) is 19.1 Å². The van der Waals surface area contributed by atoms with Gasteiger partial charge in [-0.3, -0.25) is 14.2 Å². The number of carbonyl (C=O) groups excluding carboxylic acids is 1. The maximum Gasteiger partial charge on any atom is 0.263 e. The number of thiophene rings is 1. The molecule has 0 radical (unpaired) electrons. The van der Waals surface area contributed by atoms with E-state index >= 15 is 0 Å². The standard InChI is InChI=1S/C23H23N3O4S2/c1-14(20(27)24-12-15-6-4-10-29-15)31-23-25-21-19(17-8-2-3-9-18(17)32-21)22(28)26(23)13-16-7-5-11-30-16/h4-7,10-11,14H,2-3,8-9,12-13H2,1H3,(H,24,27).